The summed E-state index contributed by atoms with van der Waals surface area (Å²) in [6.45, 7) is -0.195. The quantitative estimate of drug-likeness (QED) is 0.319. The average Bonchev–Trinajstić information content (AvgIpc) is 3.21. The number of amides is 3. The number of rotatable bonds is 8. The van der Waals surface area contributed by atoms with Crippen LogP contribution in [-0.4, -0.2) is 27.9 Å². The van der Waals surface area contributed by atoms with Crippen LogP contribution >= 0.6 is 11.5 Å². The number of nitrogens with zero attached hydrogens (tertiary/aromatic N) is 1. The Labute approximate surface area is 210 Å². The summed E-state index contributed by atoms with van der Waals surface area (Å²) in [5.41, 5.74) is 5.84. The third kappa shape index (κ3) is 6.57. The monoisotopic (exact) mass is 504 g/mol. The number of benzene rings is 3. The summed E-state index contributed by atoms with van der Waals surface area (Å²) in [5, 5.41) is 3.21. The molecule has 3 aromatic carbocycles. The number of hydrogen-bond donors (Lipinski definition) is 3. The standard InChI is InChI=1S/C26H24N4O5S/c31-23(16-30-25(33)20-13-7-8-14-22(20)36-30)27-21(15-18-9-3-1-4-10-18)24(32)28-29-26(34)35-17-19-11-5-2-6-12-19/h1-14,21H,15-17H2,(H,27,31)(H,28,32)(H,29,34). The zero-order chi connectivity index (χ0) is 25.3. The van der Waals surface area contributed by atoms with Gasteiger partial charge in [-0.1, -0.05) is 84.3 Å². The summed E-state index contributed by atoms with van der Waals surface area (Å²) in [7, 11) is 0. The molecule has 1 unspecified atom stereocenters. The molecule has 0 aliphatic rings. The normalized spacial score (nSPS) is 11.4. The van der Waals surface area contributed by atoms with Crippen LogP contribution < -0.4 is 21.7 Å². The lowest BCUT2D eigenvalue weighted by atomic mass is 10.1. The van der Waals surface area contributed by atoms with Crippen molar-refractivity contribution in [2.24, 2.45) is 0 Å². The van der Waals surface area contributed by atoms with Gasteiger partial charge in [0.05, 0.1) is 10.1 Å². The molecule has 184 valence electrons. The van der Waals surface area contributed by atoms with E-state index >= 15 is 0 Å². The molecule has 0 bridgehead atoms. The van der Waals surface area contributed by atoms with E-state index in [1.165, 1.54) is 15.5 Å². The first-order chi connectivity index (χ1) is 17.5. The molecule has 3 N–H and O–H groups in total. The number of hydrazine groups is 1. The summed E-state index contributed by atoms with van der Waals surface area (Å²) in [5.74, 6) is -1.14. The van der Waals surface area contributed by atoms with E-state index in [0.29, 0.717) is 5.39 Å². The molecule has 4 aromatic rings. The highest BCUT2D eigenvalue weighted by Crippen LogP contribution is 2.15. The Bertz CT molecular complexity index is 1400. The molecule has 3 amide bonds. The zero-order valence-electron chi connectivity index (χ0n) is 19.2. The largest absolute Gasteiger partial charge is 0.443 e. The Balaban J connectivity index is 1.38. The van der Waals surface area contributed by atoms with Gasteiger partial charge < -0.3 is 10.1 Å². The van der Waals surface area contributed by atoms with Crippen molar-refractivity contribution in [1.29, 1.82) is 0 Å². The Hall–Kier alpha value is -4.44. The van der Waals surface area contributed by atoms with Crippen molar-refractivity contribution in [2.45, 2.75) is 25.6 Å². The minimum atomic E-state index is -1.00. The van der Waals surface area contributed by atoms with Gasteiger partial charge in [-0.25, -0.2) is 10.2 Å². The predicted molar refractivity (Wildman–Crippen MR) is 136 cm³/mol. The van der Waals surface area contributed by atoms with E-state index in [1.54, 1.807) is 24.3 Å². The maximum Gasteiger partial charge on any atom is 0.426 e. The van der Waals surface area contributed by atoms with Crippen molar-refractivity contribution >= 4 is 39.5 Å². The average molecular weight is 505 g/mol. The third-order valence-corrected chi connectivity index (χ3v) is 6.34. The molecule has 1 heterocycles. The van der Waals surface area contributed by atoms with Crippen LogP contribution in [0.15, 0.2) is 89.7 Å². The van der Waals surface area contributed by atoms with Gasteiger partial charge in [-0.05, 0) is 23.3 Å². The number of carbonyl (C=O) groups excluding carboxylic acids is 3. The SMILES string of the molecule is O=C(Cn1sc2ccccc2c1=O)NC(Cc1ccccc1)C(=O)NNC(=O)OCc1ccccc1. The van der Waals surface area contributed by atoms with Crippen molar-refractivity contribution in [2.75, 3.05) is 0 Å². The van der Waals surface area contributed by atoms with Crippen LogP contribution in [-0.2, 0) is 33.9 Å². The molecule has 1 aromatic heterocycles. The molecule has 0 aliphatic carbocycles. The highest BCUT2D eigenvalue weighted by Gasteiger charge is 2.23. The second-order valence-corrected chi connectivity index (χ2v) is 8.98. The van der Waals surface area contributed by atoms with Crippen LogP contribution in [0.3, 0.4) is 0 Å². The fourth-order valence-electron chi connectivity index (χ4n) is 3.51. The molecule has 0 fully saturated rings. The van der Waals surface area contributed by atoms with Crippen molar-refractivity contribution in [3.63, 3.8) is 0 Å². The Morgan fingerprint density at radius 1 is 0.833 bits per heavy atom. The van der Waals surface area contributed by atoms with E-state index in [0.717, 1.165) is 15.8 Å². The summed E-state index contributed by atoms with van der Waals surface area (Å²) in [6.07, 6.45) is -0.658. The number of fused-ring (bicyclic) bond motifs is 1. The van der Waals surface area contributed by atoms with Gasteiger partial charge in [0, 0.05) is 6.42 Å². The minimum absolute atomic E-state index is 0.0383. The summed E-state index contributed by atoms with van der Waals surface area (Å²) in [4.78, 5) is 50.2. The highest BCUT2D eigenvalue weighted by atomic mass is 32.1. The third-order valence-electron chi connectivity index (χ3n) is 5.27. The Morgan fingerprint density at radius 2 is 1.47 bits per heavy atom. The fourth-order valence-corrected chi connectivity index (χ4v) is 4.50. The van der Waals surface area contributed by atoms with Crippen LogP contribution in [0.25, 0.3) is 10.1 Å². The molecule has 36 heavy (non-hydrogen) atoms. The molecule has 10 heteroatoms. The zero-order valence-corrected chi connectivity index (χ0v) is 20.0. The molecule has 1 atom stereocenters. The van der Waals surface area contributed by atoms with Crippen molar-refractivity contribution in [1.82, 2.24) is 20.1 Å². The Morgan fingerprint density at radius 3 is 2.17 bits per heavy atom. The highest BCUT2D eigenvalue weighted by molar-refractivity contribution is 7.13. The second-order valence-electron chi connectivity index (χ2n) is 7.92. The molecular formula is C26H24N4O5S. The smallest absolute Gasteiger partial charge is 0.426 e. The number of aromatic nitrogens is 1. The maximum absolute atomic E-state index is 12.9. The molecule has 9 nitrogen and oxygen atoms in total. The number of ether oxygens (including phenoxy) is 1. The number of hydrogen-bond acceptors (Lipinski definition) is 6. The van der Waals surface area contributed by atoms with Gasteiger partial charge in [0.1, 0.15) is 19.2 Å². The second kappa shape index (κ2) is 11.8. The van der Waals surface area contributed by atoms with Crippen LogP contribution in [0.2, 0.25) is 0 Å². The van der Waals surface area contributed by atoms with Gasteiger partial charge in [-0.15, -0.1) is 0 Å². The number of carbonyl (C=O) groups is 3. The van der Waals surface area contributed by atoms with Crippen LogP contribution in [0.5, 0.6) is 0 Å². The van der Waals surface area contributed by atoms with Crippen molar-refractivity contribution in [3.8, 4) is 0 Å². The van der Waals surface area contributed by atoms with Gasteiger partial charge in [0.15, 0.2) is 0 Å². The van der Waals surface area contributed by atoms with E-state index in [9.17, 15) is 19.2 Å². The topological polar surface area (TPSA) is 119 Å². The predicted octanol–water partition coefficient (Wildman–Crippen LogP) is 2.75. The molecule has 0 saturated heterocycles. The van der Waals surface area contributed by atoms with E-state index < -0.39 is 23.9 Å². The molecule has 0 saturated carbocycles. The lowest BCUT2D eigenvalue weighted by molar-refractivity contribution is -0.129. The van der Waals surface area contributed by atoms with Crippen LogP contribution in [0, 0.1) is 0 Å². The van der Waals surface area contributed by atoms with Crippen LogP contribution in [0.4, 0.5) is 4.79 Å². The number of nitrogens with one attached hydrogen (secondary N) is 3. The van der Waals surface area contributed by atoms with E-state index in [1.807, 2.05) is 60.7 Å². The summed E-state index contributed by atoms with van der Waals surface area (Å²) < 4.78 is 7.20. The molecule has 0 spiro atoms. The molecule has 0 aliphatic heterocycles. The maximum atomic E-state index is 12.9. The van der Waals surface area contributed by atoms with Crippen molar-refractivity contribution in [3.05, 3.63) is 106 Å². The minimum Gasteiger partial charge on any atom is -0.443 e. The van der Waals surface area contributed by atoms with Crippen molar-refractivity contribution < 1.29 is 19.1 Å². The first kappa shape index (κ1) is 24.7. The van der Waals surface area contributed by atoms with Gasteiger partial charge in [0.25, 0.3) is 11.5 Å². The summed E-state index contributed by atoms with van der Waals surface area (Å²) >= 11 is 1.18. The first-order valence-electron chi connectivity index (χ1n) is 11.2. The van der Waals surface area contributed by atoms with Gasteiger partial charge in [0.2, 0.25) is 5.91 Å². The van der Waals surface area contributed by atoms with Gasteiger partial charge in [-0.3, -0.25) is 23.8 Å². The molecule has 4 rings (SSSR count). The van der Waals surface area contributed by atoms with E-state index in [-0.39, 0.29) is 25.1 Å². The van der Waals surface area contributed by atoms with Gasteiger partial charge in [-0.2, -0.15) is 0 Å². The lowest BCUT2D eigenvalue weighted by Crippen LogP contribution is -2.53. The molecular weight excluding hydrogens is 480 g/mol. The summed E-state index contributed by atoms with van der Waals surface area (Å²) in [6, 6.07) is 24.3. The van der Waals surface area contributed by atoms with Crippen LogP contribution in [0.1, 0.15) is 11.1 Å². The Kier molecular flexibility index (Phi) is 8.09. The molecule has 0 radical (unpaired) electrons. The van der Waals surface area contributed by atoms with E-state index in [2.05, 4.69) is 16.2 Å². The fraction of sp³-hybridized carbons (Fsp3) is 0.154. The van der Waals surface area contributed by atoms with Gasteiger partial charge >= 0.3 is 6.09 Å². The lowest BCUT2D eigenvalue weighted by Gasteiger charge is -2.19. The van der Waals surface area contributed by atoms with E-state index in [4.69, 9.17) is 4.74 Å². The first-order valence-corrected chi connectivity index (χ1v) is 12.0.